The molecular weight excluding hydrogens is 114 g/mol. The van der Waals surface area contributed by atoms with E-state index in [1.165, 1.54) is 0 Å². The first-order valence-electron chi connectivity index (χ1n) is 3.43. The van der Waals surface area contributed by atoms with Crippen LogP contribution in [-0.4, -0.2) is 11.8 Å². The maximum Gasteiger partial charge on any atom is 0.186 e. The van der Waals surface area contributed by atoms with Crippen molar-refractivity contribution < 1.29 is 10.5 Å². The first kappa shape index (κ1) is 8.63. The van der Waals surface area contributed by atoms with Crippen LogP contribution in [0.2, 0.25) is 0 Å². The molecule has 0 radical (unpaired) electrons. The summed E-state index contributed by atoms with van der Waals surface area (Å²) in [5.41, 5.74) is 3.76. The second-order valence-electron chi connectivity index (χ2n) is 2.60. The lowest BCUT2D eigenvalue weighted by Gasteiger charge is -2.10. The van der Waals surface area contributed by atoms with Crippen LogP contribution in [0.3, 0.4) is 0 Å². The molecular formula is C7H16NO+. The van der Waals surface area contributed by atoms with Crippen LogP contribution in [0, 0.1) is 5.92 Å². The lowest BCUT2D eigenvalue weighted by Crippen LogP contribution is -2.67. The van der Waals surface area contributed by atoms with Crippen LogP contribution in [0.5, 0.6) is 0 Å². The lowest BCUT2D eigenvalue weighted by atomic mass is 9.97. The minimum absolute atomic E-state index is 0.00463. The van der Waals surface area contributed by atoms with Crippen LogP contribution in [0.4, 0.5) is 0 Å². The third kappa shape index (κ3) is 2.61. The third-order valence-electron chi connectivity index (χ3n) is 1.85. The molecule has 0 aliphatic heterocycles. The lowest BCUT2D eigenvalue weighted by molar-refractivity contribution is -0.414. The minimum Gasteiger partial charge on any atom is -0.349 e. The van der Waals surface area contributed by atoms with Gasteiger partial charge in [-0.05, 0) is 6.42 Å². The topological polar surface area (TPSA) is 44.7 Å². The summed E-state index contributed by atoms with van der Waals surface area (Å²) in [7, 11) is 0. The van der Waals surface area contributed by atoms with Crippen molar-refractivity contribution in [3.05, 3.63) is 0 Å². The van der Waals surface area contributed by atoms with Gasteiger partial charge in [0, 0.05) is 12.8 Å². The molecule has 3 N–H and O–H groups in total. The van der Waals surface area contributed by atoms with Crippen molar-refractivity contribution in [2.24, 2.45) is 5.92 Å². The quantitative estimate of drug-likeness (QED) is 0.584. The van der Waals surface area contributed by atoms with Crippen LogP contribution in [0.25, 0.3) is 0 Å². The molecule has 2 nitrogen and oxygen atoms in total. The predicted octanol–water partition coefficient (Wildman–Crippen LogP) is 0.232. The molecule has 0 spiro atoms. The molecule has 0 aliphatic rings. The van der Waals surface area contributed by atoms with Gasteiger partial charge in [-0.3, -0.25) is 4.79 Å². The fourth-order valence-electron chi connectivity index (χ4n) is 0.685. The van der Waals surface area contributed by atoms with Crippen molar-refractivity contribution in [1.82, 2.24) is 0 Å². The maximum atomic E-state index is 10.7. The Labute approximate surface area is 56.4 Å². The van der Waals surface area contributed by atoms with E-state index in [9.17, 15) is 4.79 Å². The SMILES string of the molecule is CCC(C)C([NH3+])C(C)=O. The Morgan fingerprint density at radius 1 is 1.67 bits per heavy atom. The Kier molecular flexibility index (Phi) is 3.47. The van der Waals surface area contributed by atoms with Crippen LogP contribution >= 0.6 is 0 Å². The fraction of sp³-hybridized carbons (Fsp3) is 0.857. The zero-order chi connectivity index (χ0) is 7.44. The number of Topliss-reactive ketones (excluding diaryl/α,β-unsaturated/α-hetero) is 1. The zero-order valence-corrected chi connectivity index (χ0v) is 6.48. The zero-order valence-electron chi connectivity index (χ0n) is 6.48. The van der Waals surface area contributed by atoms with Crippen molar-refractivity contribution >= 4 is 5.78 Å². The van der Waals surface area contributed by atoms with Gasteiger partial charge in [0.25, 0.3) is 0 Å². The highest BCUT2D eigenvalue weighted by Gasteiger charge is 2.18. The van der Waals surface area contributed by atoms with Crippen molar-refractivity contribution in [2.45, 2.75) is 33.2 Å². The van der Waals surface area contributed by atoms with E-state index in [-0.39, 0.29) is 11.8 Å². The van der Waals surface area contributed by atoms with Gasteiger partial charge in [0.05, 0.1) is 0 Å². The number of carbonyl (C=O) groups excluding carboxylic acids is 1. The van der Waals surface area contributed by atoms with Gasteiger partial charge in [0.1, 0.15) is 6.04 Å². The van der Waals surface area contributed by atoms with Gasteiger partial charge in [-0.1, -0.05) is 13.8 Å². The highest BCUT2D eigenvalue weighted by molar-refractivity contribution is 5.79. The van der Waals surface area contributed by atoms with Gasteiger partial charge in [0.2, 0.25) is 0 Å². The van der Waals surface area contributed by atoms with Crippen LogP contribution in [0.15, 0.2) is 0 Å². The monoisotopic (exact) mass is 130 g/mol. The Morgan fingerprint density at radius 2 is 2.11 bits per heavy atom. The first-order valence-corrected chi connectivity index (χ1v) is 3.43. The van der Waals surface area contributed by atoms with E-state index < -0.39 is 0 Å². The standard InChI is InChI=1S/C7H15NO/c1-4-5(2)7(8)6(3)9/h5,7H,4,8H2,1-3H3/p+1. The van der Waals surface area contributed by atoms with Gasteiger partial charge in [-0.15, -0.1) is 0 Å². The predicted molar refractivity (Wildman–Crippen MR) is 36.8 cm³/mol. The number of hydrogen-bond donors (Lipinski definition) is 1. The Hall–Kier alpha value is -0.370. The molecule has 0 rings (SSSR count). The van der Waals surface area contributed by atoms with Crippen LogP contribution in [-0.2, 0) is 4.79 Å². The molecule has 0 saturated heterocycles. The molecule has 0 aromatic carbocycles. The molecule has 0 aromatic rings. The third-order valence-corrected chi connectivity index (χ3v) is 1.85. The summed E-state index contributed by atoms with van der Waals surface area (Å²) in [5.74, 6) is 0.631. The Bertz CT molecular complexity index is 101. The first-order chi connectivity index (χ1) is 4.09. The molecule has 0 aromatic heterocycles. The number of hydrogen-bond acceptors (Lipinski definition) is 1. The molecule has 0 aliphatic carbocycles. The van der Waals surface area contributed by atoms with Gasteiger partial charge in [-0.25, -0.2) is 0 Å². The largest absolute Gasteiger partial charge is 0.349 e. The van der Waals surface area contributed by atoms with Gasteiger partial charge >= 0.3 is 0 Å². The van der Waals surface area contributed by atoms with E-state index in [1.807, 2.05) is 0 Å². The molecule has 0 saturated carbocycles. The molecule has 9 heavy (non-hydrogen) atoms. The summed E-state index contributed by atoms with van der Waals surface area (Å²) in [6.45, 7) is 5.73. The Balaban J connectivity index is 3.72. The van der Waals surface area contributed by atoms with E-state index in [4.69, 9.17) is 0 Å². The summed E-state index contributed by atoms with van der Waals surface area (Å²) in [5, 5.41) is 0. The second kappa shape index (κ2) is 3.62. The summed E-state index contributed by atoms with van der Waals surface area (Å²) in [4.78, 5) is 10.7. The molecule has 0 bridgehead atoms. The Morgan fingerprint density at radius 3 is 2.22 bits per heavy atom. The highest BCUT2D eigenvalue weighted by Crippen LogP contribution is 2.03. The smallest absolute Gasteiger partial charge is 0.186 e. The number of rotatable bonds is 3. The molecule has 0 heterocycles. The fourth-order valence-corrected chi connectivity index (χ4v) is 0.685. The molecule has 2 atom stereocenters. The normalized spacial score (nSPS) is 16.9. The van der Waals surface area contributed by atoms with Crippen molar-refractivity contribution in [1.29, 1.82) is 0 Å². The molecule has 0 fully saturated rings. The van der Waals surface area contributed by atoms with Crippen molar-refractivity contribution in [3.63, 3.8) is 0 Å². The van der Waals surface area contributed by atoms with Crippen molar-refractivity contribution in [2.75, 3.05) is 0 Å². The van der Waals surface area contributed by atoms with Gasteiger partial charge in [-0.2, -0.15) is 0 Å². The summed E-state index contributed by atoms with van der Waals surface area (Å²) < 4.78 is 0. The van der Waals surface area contributed by atoms with E-state index in [0.717, 1.165) is 6.42 Å². The summed E-state index contributed by atoms with van der Waals surface area (Å²) in [6.07, 6.45) is 1.04. The van der Waals surface area contributed by atoms with Gasteiger partial charge < -0.3 is 5.73 Å². The second-order valence-corrected chi connectivity index (χ2v) is 2.60. The van der Waals surface area contributed by atoms with E-state index in [1.54, 1.807) is 6.92 Å². The number of ketones is 1. The van der Waals surface area contributed by atoms with Crippen LogP contribution in [0.1, 0.15) is 27.2 Å². The van der Waals surface area contributed by atoms with Gasteiger partial charge in [0.15, 0.2) is 5.78 Å². The highest BCUT2D eigenvalue weighted by atomic mass is 16.1. The molecule has 0 amide bonds. The van der Waals surface area contributed by atoms with Crippen LogP contribution < -0.4 is 5.73 Å². The average Bonchev–Trinajstić information content (AvgIpc) is 1.84. The summed E-state index contributed by atoms with van der Waals surface area (Å²) in [6, 6.07) is -0.00463. The summed E-state index contributed by atoms with van der Waals surface area (Å²) >= 11 is 0. The number of quaternary nitrogens is 1. The van der Waals surface area contributed by atoms with Crippen molar-refractivity contribution in [3.8, 4) is 0 Å². The molecule has 54 valence electrons. The molecule has 2 heteroatoms. The minimum atomic E-state index is -0.00463. The average molecular weight is 130 g/mol. The maximum absolute atomic E-state index is 10.7. The van der Waals surface area contributed by atoms with E-state index in [2.05, 4.69) is 19.6 Å². The molecule has 2 unspecified atom stereocenters. The van der Waals surface area contributed by atoms with E-state index >= 15 is 0 Å². The number of carbonyl (C=O) groups is 1. The van der Waals surface area contributed by atoms with E-state index in [0.29, 0.717) is 5.92 Å².